The Morgan fingerprint density at radius 1 is 1.43 bits per heavy atom. The molecule has 1 nitrogen and oxygen atoms in total. The van der Waals surface area contributed by atoms with Gasteiger partial charge < -0.3 is 4.74 Å². The van der Waals surface area contributed by atoms with Gasteiger partial charge in [-0.25, -0.2) is 0 Å². The largest absolute Gasteiger partial charge is 0.373 e. The molecule has 0 bridgehead atoms. The van der Waals surface area contributed by atoms with Gasteiger partial charge in [-0.3, -0.25) is 0 Å². The summed E-state index contributed by atoms with van der Waals surface area (Å²) in [5.41, 5.74) is 0. The third-order valence-electron chi connectivity index (χ3n) is 0.889. The lowest BCUT2D eigenvalue weighted by Crippen LogP contribution is -1.94. The van der Waals surface area contributed by atoms with Crippen molar-refractivity contribution in [1.29, 1.82) is 0 Å². The number of hydrogen-bond donors (Lipinski definition) is 0. The van der Waals surface area contributed by atoms with Crippen LogP contribution in [0, 0.1) is 6.10 Å². The second kappa shape index (κ2) is 4.13. The molecule has 43 valence electrons. The molecule has 0 rings (SSSR count). The molecule has 0 spiro atoms. The summed E-state index contributed by atoms with van der Waals surface area (Å²) in [4.78, 5) is 0. The van der Waals surface area contributed by atoms with E-state index in [-0.39, 0.29) is 0 Å². The molecule has 0 N–H and O–H groups in total. The predicted molar refractivity (Wildman–Crippen MR) is 30.8 cm³/mol. The van der Waals surface area contributed by atoms with Gasteiger partial charge in [0.2, 0.25) is 0 Å². The van der Waals surface area contributed by atoms with E-state index in [9.17, 15) is 0 Å². The minimum Gasteiger partial charge on any atom is -0.373 e. The van der Waals surface area contributed by atoms with Crippen LogP contribution in [0.1, 0.15) is 27.2 Å². The van der Waals surface area contributed by atoms with Crippen molar-refractivity contribution in [3.8, 4) is 0 Å². The summed E-state index contributed by atoms with van der Waals surface area (Å²) in [5, 5.41) is 0. The van der Waals surface area contributed by atoms with Crippen molar-refractivity contribution in [3.63, 3.8) is 0 Å². The Hall–Kier alpha value is -0.0400. The van der Waals surface area contributed by atoms with Crippen LogP contribution in [0.4, 0.5) is 0 Å². The second-order valence-corrected chi connectivity index (χ2v) is 1.49. The summed E-state index contributed by atoms with van der Waals surface area (Å²) < 4.78 is 5.11. The van der Waals surface area contributed by atoms with Crippen LogP contribution in [-0.2, 0) is 4.74 Å². The lowest BCUT2D eigenvalue weighted by Gasteiger charge is -2.04. The van der Waals surface area contributed by atoms with Crippen LogP contribution in [0.15, 0.2) is 0 Å². The summed E-state index contributed by atoms with van der Waals surface area (Å²) in [6.07, 6.45) is 2.16. The fourth-order valence-corrected chi connectivity index (χ4v) is 0.348. The molecule has 0 fully saturated rings. The van der Waals surface area contributed by atoms with E-state index in [1.807, 2.05) is 13.8 Å². The molecule has 0 aromatic heterocycles. The van der Waals surface area contributed by atoms with Gasteiger partial charge in [-0.15, -0.1) is 0 Å². The molecule has 1 heteroatoms. The fraction of sp³-hybridized carbons (Fsp3) is 0.833. The summed E-state index contributed by atoms with van der Waals surface area (Å²) in [6, 6.07) is 0. The Balaban J connectivity index is 2.83. The molecule has 0 aromatic carbocycles. The van der Waals surface area contributed by atoms with E-state index in [0.29, 0.717) is 0 Å². The van der Waals surface area contributed by atoms with Gasteiger partial charge in [0.05, 0.1) is 6.10 Å². The van der Waals surface area contributed by atoms with Gasteiger partial charge in [0, 0.05) is 6.61 Å². The zero-order valence-electron chi connectivity index (χ0n) is 5.32. The van der Waals surface area contributed by atoms with E-state index < -0.39 is 0 Å². The van der Waals surface area contributed by atoms with Crippen molar-refractivity contribution in [2.24, 2.45) is 0 Å². The summed E-state index contributed by atoms with van der Waals surface area (Å²) in [7, 11) is 0. The summed E-state index contributed by atoms with van der Waals surface area (Å²) >= 11 is 0. The van der Waals surface area contributed by atoms with Gasteiger partial charge in [-0.1, -0.05) is 6.92 Å². The maximum atomic E-state index is 5.11. The van der Waals surface area contributed by atoms with E-state index in [1.54, 1.807) is 0 Å². The molecule has 0 atom stereocenters. The van der Waals surface area contributed by atoms with Crippen molar-refractivity contribution in [1.82, 2.24) is 0 Å². The van der Waals surface area contributed by atoms with Crippen molar-refractivity contribution in [2.75, 3.05) is 6.61 Å². The second-order valence-electron chi connectivity index (χ2n) is 1.49. The molecule has 0 saturated carbocycles. The number of hydrogen-bond acceptors (Lipinski definition) is 1. The molecule has 0 amide bonds. The fourth-order valence-electron chi connectivity index (χ4n) is 0.348. The normalized spacial score (nSPS) is 10.3. The molecule has 7 heavy (non-hydrogen) atoms. The number of rotatable bonds is 3. The predicted octanol–water partition coefficient (Wildman–Crippen LogP) is 1.98. The smallest absolute Gasteiger partial charge is 0.0937 e. The first-order valence-electron chi connectivity index (χ1n) is 2.76. The third-order valence-corrected chi connectivity index (χ3v) is 0.889. The van der Waals surface area contributed by atoms with Crippen LogP contribution in [0.25, 0.3) is 0 Å². The van der Waals surface area contributed by atoms with Gasteiger partial charge in [0.25, 0.3) is 0 Å². The average Bonchev–Trinajstić information content (AvgIpc) is 1.68. The minimum absolute atomic E-state index is 0.805. The third kappa shape index (κ3) is 3.80. The maximum absolute atomic E-state index is 5.11. The standard InChI is InChI=1S/C6H13O/c1-4-6(3)7-5-2/h4-5H2,1-3H3. The van der Waals surface area contributed by atoms with E-state index >= 15 is 0 Å². The topological polar surface area (TPSA) is 9.23 Å². The highest BCUT2D eigenvalue weighted by molar-refractivity contribution is 4.65. The van der Waals surface area contributed by atoms with E-state index in [1.165, 1.54) is 0 Å². The number of ether oxygens (including phenoxy) is 1. The van der Waals surface area contributed by atoms with E-state index in [0.717, 1.165) is 19.1 Å². The molecule has 0 saturated heterocycles. The monoisotopic (exact) mass is 101 g/mol. The Bertz CT molecular complexity index is 35.2. The Kier molecular flexibility index (Phi) is 4.10. The van der Waals surface area contributed by atoms with Crippen LogP contribution in [-0.4, -0.2) is 6.61 Å². The van der Waals surface area contributed by atoms with E-state index in [2.05, 4.69) is 6.92 Å². The van der Waals surface area contributed by atoms with Crippen LogP contribution in [0.2, 0.25) is 0 Å². The molecule has 0 aliphatic rings. The van der Waals surface area contributed by atoms with Gasteiger partial charge in [0.1, 0.15) is 0 Å². The highest BCUT2D eigenvalue weighted by Crippen LogP contribution is 2.03. The molecule has 1 radical (unpaired) electrons. The summed E-state index contributed by atoms with van der Waals surface area (Å²) in [5.74, 6) is 0. The molecule has 0 aromatic rings. The first-order valence-corrected chi connectivity index (χ1v) is 2.76. The van der Waals surface area contributed by atoms with Gasteiger partial charge >= 0.3 is 0 Å². The van der Waals surface area contributed by atoms with Crippen LogP contribution in [0.5, 0.6) is 0 Å². The van der Waals surface area contributed by atoms with Crippen LogP contribution in [0.3, 0.4) is 0 Å². The minimum atomic E-state index is 0.805. The first kappa shape index (κ1) is 6.96. The Morgan fingerprint density at radius 2 is 2.00 bits per heavy atom. The highest BCUT2D eigenvalue weighted by Gasteiger charge is 1.93. The van der Waals surface area contributed by atoms with Crippen molar-refractivity contribution in [2.45, 2.75) is 27.2 Å². The first-order chi connectivity index (χ1) is 3.31. The Morgan fingerprint density at radius 3 is 2.14 bits per heavy atom. The quantitative estimate of drug-likeness (QED) is 0.528. The van der Waals surface area contributed by atoms with Gasteiger partial charge in [0.15, 0.2) is 0 Å². The van der Waals surface area contributed by atoms with Crippen molar-refractivity contribution in [3.05, 3.63) is 6.10 Å². The molecule has 0 heterocycles. The van der Waals surface area contributed by atoms with Gasteiger partial charge in [-0.05, 0) is 20.3 Å². The Labute approximate surface area is 45.7 Å². The van der Waals surface area contributed by atoms with Crippen molar-refractivity contribution < 1.29 is 4.74 Å². The molecular weight excluding hydrogens is 88.1 g/mol. The molecule has 0 aliphatic heterocycles. The molecular formula is C6H13O. The SMILES string of the molecule is CCO[C](C)CC. The van der Waals surface area contributed by atoms with E-state index in [4.69, 9.17) is 4.74 Å². The molecule has 0 aliphatic carbocycles. The highest BCUT2D eigenvalue weighted by atomic mass is 16.5. The maximum Gasteiger partial charge on any atom is 0.0937 e. The lowest BCUT2D eigenvalue weighted by molar-refractivity contribution is 0.158. The lowest BCUT2D eigenvalue weighted by atomic mass is 10.3. The molecule has 0 unspecified atom stereocenters. The zero-order chi connectivity index (χ0) is 5.70. The summed E-state index contributed by atoms with van der Waals surface area (Å²) in [6.45, 7) is 6.90. The van der Waals surface area contributed by atoms with Gasteiger partial charge in [-0.2, -0.15) is 0 Å². The van der Waals surface area contributed by atoms with Crippen molar-refractivity contribution >= 4 is 0 Å². The zero-order valence-corrected chi connectivity index (χ0v) is 5.32. The average molecular weight is 101 g/mol. The van der Waals surface area contributed by atoms with Crippen LogP contribution < -0.4 is 0 Å². The van der Waals surface area contributed by atoms with Crippen LogP contribution >= 0.6 is 0 Å².